The van der Waals surface area contributed by atoms with Gasteiger partial charge in [0.1, 0.15) is 5.75 Å². The second-order valence-electron chi connectivity index (χ2n) is 7.36. The molecule has 6 nitrogen and oxygen atoms in total. The van der Waals surface area contributed by atoms with Crippen LogP contribution in [0.25, 0.3) is 5.69 Å². The van der Waals surface area contributed by atoms with E-state index in [0.717, 1.165) is 35.7 Å². The molecular weight excluding hydrogens is 424 g/mol. The minimum Gasteiger partial charge on any atom is -0.482 e. The van der Waals surface area contributed by atoms with Crippen molar-refractivity contribution in [1.82, 2.24) is 9.99 Å². The van der Waals surface area contributed by atoms with Crippen LogP contribution in [0, 0.1) is 13.8 Å². The number of anilines is 1. The Kier molecular flexibility index (Phi) is 7.95. The quantitative estimate of drug-likeness (QED) is 0.362. The van der Waals surface area contributed by atoms with E-state index < -0.39 is 0 Å². The molecule has 2 aromatic carbocycles. The van der Waals surface area contributed by atoms with E-state index >= 15 is 0 Å². The lowest BCUT2D eigenvalue weighted by Crippen LogP contribution is -2.24. The third-order valence-electron chi connectivity index (χ3n) is 5.30. The van der Waals surface area contributed by atoms with E-state index in [1.807, 2.05) is 13.0 Å². The van der Waals surface area contributed by atoms with Gasteiger partial charge in [-0.1, -0.05) is 23.7 Å². The Morgan fingerprint density at radius 3 is 2.47 bits per heavy atom. The largest absolute Gasteiger partial charge is 0.482 e. The summed E-state index contributed by atoms with van der Waals surface area (Å²) in [6.07, 6.45) is 1.65. The van der Waals surface area contributed by atoms with E-state index in [1.165, 1.54) is 5.69 Å². The summed E-state index contributed by atoms with van der Waals surface area (Å²) in [4.78, 5) is 14.3. The molecule has 0 radical (unpaired) electrons. The van der Waals surface area contributed by atoms with Crippen LogP contribution in [-0.4, -0.2) is 36.4 Å². The van der Waals surface area contributed by atoms with Crippen molar-refractivity contribution in [3.05, 3.63) is 76.6 Å². The number of benzene rings is 2. The fourth-order valence-corrected chi connectivity index (χ4v) is 3.82. The summed E-state index contributed by atoms with van der Waals surface area (Å²) in [6, 6.07) is 17.6. The summed E-state index contributed by atoms with van der Waals surface area (Å²) >= 11 is 6.02. The lowest BCUT2D eigenvalue weighted by Gasteiger charge is -2.21. The standard InChI is InChI=1S/C25H29ClN4O2/c1-5-29(6-2)21-11-13-22(14-12-21)30-18(3)15-20(19(30)4)16-27-28-25(31)17-32-24-10-8-7-9-23(24)26/h7-16H,5-6,17H2,1-4H3,(H,28,31)/b27-16-. The molecule has 0 bridgehead atoms. The number of aromatic nitrogens is 1. The van der Waals surface area contributed by atoms with Gasteiger partial charge < -0.3 is 14.2 Å². The fraction of sp³-hybridized carbons (Fsp3) is 0.280. The molecule has 7 heteroatoms. The summed E-state index contributed by atoms with van der Waals surface area (Å²) < 4.78 is 7.60. The van der Waals surface area contributed by atoms with E-state index in [0.29, 0.717) is 10.8 Å². The number of amides is 1. The van der Waals surface area contributed by atoms with Crippen molar-refractivity contribution in [2.45, 2.75) is 27.7 Å². The second-order valence-corrected chi connectivity index (χ2v) is 7.77. The Hall–Kier alpha value is -3.25. The Morgan fingerprint density at radius 1 is 1.12 bits per heavy atom. The molecule has 3 aromatic rings. The van der Waals surface area contributed by atoms with E-state index in [2.05, 4.69) is 65.0 Å². The molecule has 3 rings (SSSR count). The molecule has 0 aliphatic rings. The number of hydrogen-bond donors (Lipinski definition) is 1. The first-order valence-corrected chi connectivity index (χ1v) is 11.1. The van der Waals surface area contributed by atoms with Gasteiger partial charge in [-0.2, -0.15) is 5.10 Å². The zero-order chi connectivity index (χ0) is 23.1. The van der Waals surface area contributed by atoms with Gasteiger partial charge >= 0.3 is 0 Å². The van der Waals surface area contributed by atoms with Crippen molar-refractivity contribution in [2.24, 2.45) is 5.10 Å². The Bertz CT molecular complexity index is 1090. The normalized spacial score (nSPS) is 11.0. The molecular formula is C25H29ClN4O2. The number of hydrazone groups is 1. The molecule has 1 N–H and O–H groups in total. The predicted molar refractivity (Wildman–Crippen MR) is 131 cm³/mol. The predicted octanol–water partition coefficient (Wildman–Crippen LogP) is 5.12. The molecule has 0 spiro atoms. The van der Waals surface area contributed by atoms with Gasteiger partial charge in [0.25, 0.3) is 5.91 Å². The topological polar surface area (TPSA) is 58.9 Å². The van der Waals surface area contributed by atoms with E-state index in [-0.39, 0.29) is 12.5 Å². The number of rotatable bonds is 9. The average molecular weight is 453 g/mol. The number of aryl methyl sites for hydroxylation is 1. The Morgan fingerprint density at radius 2 is 1.81 bits per heavy atom. The Balaban J connectivity index is 1.65. The summed E-state index contributed by atoms with van der Waals surface area (Å²) in [6.45, 7) is 10.2. The molecule has 0 unspecified atom stereocenters. The van der Waals surface area contributed by atoms with Crippen LogP contribution in [0.2, 0.25) is 5.02 Å². The molecule has 0 saturated heterocycles. The van der Waals surface area contributed by atoms with Crippen molar-refractivity contribution in [3.63, 3.8) is 0 Å². The number of carbonyl (C=O) groups is 1. The zero-order valence-corrected chi connectivity index (χ0v) is 19.7. The van der Waals surface area contributed by atoms with Gasteiger partial charge in [0.05, 0.1) is 11.2 Å². The fourth-order valence-electron chi connectivity index (χ4n) is 3.63. The second kappa shape index (κ2) is 10.9. The van der Waals surface area contributed by atoms with Crippen LogP contribution in [0.3, 0.4) is 0 Å². The molecule has 168 valence electrons. The maximum Gasteiger partial charge on any atom is 0.277 e. The number of carbonyl (C=O) groups excluding carboxylic acids is 1. The van der Waals surface area contributed by atoms with Crippen LogP contribution in [-0.2, 0) is 4.79 Å². The van der Waals surface area contributed by atoms with Crippen molar-refractivity contribution in [1.29, 1.82) is 0 Å². The highest BCUT2D eigenvalue weighted by Crippen LogP contribution is 2.24. The van der Waals surface area contributed by atoms with E-state index in [4.69, 9.17) is 16.3 Å². The molecule has 1 heterocycles. The SMILES string of the molecule is CCN(CC)c1ccc(-n2c(C)cc(/C=N\NC(=O)COc3ccccc3Cl)c2C)cc1. The minimum absolute atomic E-state index is 0.168. The maximum absolute atomic E-state index is 12.0. The van der Waals surface area contributed by atoms with Gasteiger partial charge in [-0.3, -0.25) is 4.79 Å². The molecule has 0 saturated carbocycles. The maximum atomic E-state index is 12.0. The lowest BCUT2D eigenvalue weighted by atomic mass is 10.2. The van der Waals surface area contributed by atoms with Gasteiger partial charge in [0.2, 0.25) is 0 Å². The number of hydrogen-bond acceptors (Lipinski definition) is 4. The van der Waals surface area contributed by atoms with Crippen molar-refractivity contribution >= 4 is 29.4 Å². The highest BCUT2D eigenvalue weighted by atomic mass is 35.5. The summed E-state index contributed by atoms with van der Waals surface area (Å²) in [7, 11) is 0. The average Bonchev–Trinajstić information content (AvgIpc) is 3.07. The monoisotopic (exact) mass is 452 g/mol. The van der Waals surface area contributed by atoms with Gasteiger partial charge in [0.15, 0.2) is 6.61 Å². The first kappa shape index (κ1) is 23.4. The van der Waals surface area contributed by atoms with Gasteiger partial charge in [-0.25, -0.2) is 5.43 Å². The molecule has 0 aliphatic carbocycles. The summed E-state index contributed by atoms with van der Waals surface area (Å²) in [5, 5.41) is 4.55. The Labute approximate surface area is 194 Å². The van der Waals surface area contributed by atoms with Gasteiger partial charge in [-0.15, -0.1) is 0 Å². The van der Waals surface area contributed by atoms with Gasteiger partial charge in [0, 0.05) is 41.4 Å². The van der Waals surface area contributed by atoms with Crippen molar-refractivity contribution in [3.8, 4) is 11.4 Å². The van der Waals surface area contributed by atoms with Crippen molar-refractivity contribution < 1.29 is 9.53 Å². The zero-order valence-electron chi connectivity index (χ0n) is 18.9. The molecule has 0 aliphatic heterocycles. The third kappa shape index (κ3) is 5.51. The summed E-state index contributed by atoms with van der Waals surface area (Å²) in [5.74, 6) is 0.103. The molecule has 1 amide bonds. The molecule has 0 atom stereocenters. The first-order valence-electron chi connectivity index (χ1n) is 10.7. The van der Waals surface area contributed by atoms with Crippen LogP contribution in [0.1, 0.15) is 30.8 Å². The van der Waals surface area contributed by atoms with Crippen molar-refractivity contribution in [2.75, 3.05) is 24.6 Å². The minimum atomic E-state index is -0.359. The summed E-state index contributed by atoms with van der Waals surface area (Å²) in [5.41, 5.74) is 7.87. The third-order valence-corrected chi connectivity index (χ3v) is 5.61. The number of nitrogens with zero attached hydrogens (tertiary/aromatic N) is 3. The van der Waals surface area contributed by atoms with E-state index in [9.17, 15) is 4.79 Å². The van der Waals surface area contributed by atoms with Gasteiger partial charge in [-0.05, 0) is 70.2 Å². The molecule has 0 fully saturated rings. The molecule has 1 aromatic heterocycles. The number of nitrogens with one attached hydrogen (secondary N) is 1. The number of halogens is 1. The van der Waals surface area contributed by atoms with Crippen LogP contribution in [0.15, 0.2) is 59.7 Å². The number of para-hydroxylation sites is 1. The highest BCUT2D eigenvalue weighted by Gasteiger charge is 2.11. The smallest absolute Gasteiger partial charge is 0.277 e. The molecule has 32 heavy (non-hydrogen) atoms. The van der Waals surface area contributed by atoms with Crippen LogP contribution >= 0.6 is 11.6 Å². The van der Waals surface area contributed by atoms with Crippen LogP contribution in [0.5, 0.6) is 5.75 Å². The van der Waals surface area contributed by atoms with E-state index in [1.54, 1.807) is 30.5 Å². The highest BCUT2D eigenvalue weighted by molar-refractivity contribution is 6.32. The van der Waals surface area contributed by atoms with Crippen LogP contribution < -0.4 is 15.1 Å². The first-order chi connectivity index (χ1) is 15.4. The number of ether oxygens (including phenoxy) is 1. The van der Waals surface area contributed by atoms with Crippen LogP contribution in [0.4, 0.5) is 5.69 Å². The lowest BCUT2D eigenvalue weighted by molar-refractivity contribution is -0.123.